The topological polar surface area (TPSA) is 79.9 Å². The predicted molar refractivity (Wildman–Crippen MR) is 75.7 cm³/mol. The summed E-state index contributed by atoms with van der Waals surface area (Å²) in [7, 11) is -1.52. The lowest BCUT2D eigenvalue weighted by molar-refractivity contribution is -0.0847. The maximum atomic E-state index is 12.3. The molecule has 2 aliphatic heterocycles. The fourth-order valence-electron chi connectivity index (χ4n) is 2.64. The van der Waals surface area contributed by atoms with E-state index in [4.69, 9.17) is 9.47 Å². The van der Waals surface area contributed by atoms with Gasteiger partial charge in [-0.3, -0.25) is 0 Å². The Bertz CT molecular complexity index is 382. The van der Waals surface area contributed by atoms with E-state index in [1.54, 1.807) is 4.31 Å². The lowest BCUT2D eigenvalue weighted by Crippen LogP contribution is -2.50. The van der Waals surface area contributed by atoms with Crippen molar-refractivity contribution in [1.29, 1.82) is 0 Å². The van der Waals surface area contributed by atoms with Gasteiger partial charge in [0, 0.05) is 19.6 Å². The summed E-state index contributed by atoms with van der Waals surface area (Å²) >= 11 is 0. The van der Waals surface area contributed by atoms with Crippen molar-refractivity contribution in [2.75, 3.05) is 53.0 Å². The summed E-state index contributed by atoms with van der Waals surface area (Å²) in [5, 5.41) is 3.11. The molecule has 118 valence electrons. The number of hydrogen-bond donors (Lipinski definition) is 2. The fourth-order valence-corrected chi connectivity index (χ4v) is 4.00. The lowest BCUT2D eigenvalue weighted by atomic mass is 10.00. The number of rotatable bonds is 6. The van der Waals surface area contributed by atoms with Crippen molar-refractivity contribution in [2.24, 2.45) is 5.92 Å². The zero-order chi connectivity index (χ0) is 14.4. The van der Waals surface area contributed by atoms with Crippen molar-refractivity contribution in [2.45, 2.75) is 18.9 Å². The van der Waals surface area contributed by atoms with Gasteiger partial charge in [0.2, 0.25) is 0 Å². The van der Waals surface area contributed by atoms with Crippen molar-refractivity contribution in [3.63, 3.8) is 0 Å². The van der Waals surface area contributed by atoms with Gasteiger partial charge in [-0.15, -0.1) is 0 Å². The van der Waals surface area contributed by atoms with Gasteiger partial charge in [-0.25, -0.2) is 0 Å². The normalized spacial score (nSPS) is 29.4. The van der Waals surface area contributed by atoms with E-state index in [-0.39, 0.29) is 12.6 Å². The second-order valence-corrected chi connectivity index (χ2v) is 7.10. The summed E-state index contributed by atoms with van der Waals surface area (Å²) in [4.78, 5) is 0. The minimum absolute atomic E-state index is 0.184. The van der Waals surface area contributed by atoms with Gasteiger partial charge in [0.25, 0.3) is 10.2 Å². The van der Waals surface area contributed by atoms with E-state index in [0.717, 1.165) is 19.4 Å². The van der Waals surface area contributed by atoms with Gasteiger partial charge in [-0.1, -0.05) is 0 Å². The first kappa shape index (κ1) is 16.1. The molecule has 2 fully saturated rings. The highest BCUT2D eigenvalue weighted by Crippen LogP contribution is 2.18. The smallest absolute Gasteiger partial charge is 0.279 e. The molecule has 0 aromatic heterocycles. The van der Waals surface area contributed by atoms with Crippen molar-refractivity contribution in [3.8, 4) is 0 Å². The van der Waals surface area contributed by atoms with Gasteiger partial charge in [-0.2, -0.15) is 17.4 Å². The van der Waals surface area contributed by atoms with E-state index in [0.29, 0.717) is 38.8 Å². The Labute approximate surface area is 121 Å². The second kappa shape index (κ2) is 7.67. The Morgan fingerprint density at radius 2 is 2.15 bits per heavy atom. The van der Waals surface area contributed by atoms with Crippen molar-refractivity contribution in [1.82, 2.24) is 14.3 Å². The van der Waals surface area contributed by atoms with Crippen LogP contribution in [0.3, 0.4) is 0 Å². The standard InChI is InChI=1S/C12H25N3O4S/c1-13-7-11-3-2-4-15(9-11)20(16,17)14-8-12-10-18-5-6-19-12/h11-14H,2-10H2,1H3. The Morgan fingerprint density at radius 1 is 1.30 bits per heavy atom. The highest BCUT2D eigenvalue weighted by atomic mass is 32.2. The molecule has 20 heavy (non-hydrogen) atoms. The van der Waals surface area contributed by atoms with Crippen molar-refractivity contribution in [3.05, 3.63) is 0 Å². The molecule has 0 bridgehead atoms. The van der Waals surface area contributed by atoms with Crippen molar-refractivity contribution < 1.29 is 17.9 Å². The molecular formula is C12H25N3O4S. The first-order chi connectivity index (χ1) is 9.62. The van der Waals surface area contributed by atoms with E-state index in [1.807, 2.05) is 7.05 Å². The molecule has 2 saturated heterocycles. The van der Waals surface area contributed by atoms with Gasteiger partial charge in [0.05, 0.1) is 25.9 Å². The maximum Gasteiger partial charge on any atom is 0.279 e. The number of ether oxygens (including phenoxy) is 2. The van der Waals surface area contributed by atoms with E-state index < -0.39 is 10.2 Å². The van der Waals surface area contributed by atoms with Gasteiger partial charge in [0.15, 0.2) is 0 Å². The predicted octanol–water partition coefficient (Wildman–Crippen LogP) is -0.832. The van der Waals surface area contributed by atoms with Crippen LogP contribution in [-0.4, -0.2) is 71.9 Å². The van der Waals surface area contributed by atoms with Crippen molar-refractivity contribution >= 4 is 10.2 Å². The molecule has 2 unspecified atom stereocenters. The average Bonchev–Trinajstić information content (AvgIpc) is 2.47. The molecule has 0 aromatic carbocycles. The highest BCUT2D eigenvalue weighted by molar-refractivity contribution is 7.87. The van der Waals surface area contributed by atoms with Gasteiger partial charge in [0.1, 0.15) is 0 Å². The summed E-state index contributed by atoms with van der Waals surface area (Å²) in [5.74, 6) is 0.389. The molecule has 2 N–H and O–H groups in total. The summed E-state index contributed by atoms with van der Waals surface area (Å²) in [6.07, 6.45) is 1.80. The Morgan fingerprint density at radius 3 is 2.85 bits per heavy atom. The van der Waals surface area contributed by atoms with Crippen LogP contribution in [-0.2, 0) is 19.7 Å². The minimum atomic E-state index is -3.41. The summed E-state index contributed by atoms with van der Waals surface area (Å²) < 4.78 is 39.4. The van der Waals surface area contributed by atoms with Crippen LogP contribution in [0, 0.1) is 5.92 Å². The largest absolute Gasteiger partial charge is 0.376 e. The van der Waals surface area contributed by atoms with Crippen LogP contribution in [0.5, 0.6) is 0 Å². The third kappa shape index (κ3) is 4.64. The third-order valence-electron chi connectivity index (χ3n) is 3.69. The maximum absolute atomic E-state index is 12.3. The van der Waals surface area contributed by atoms with E-state index >= 15 is 0 Å². The molecule has 2 heterocycles. The first-order valence-corrected chi connectivity index (χ1v) is 8.64. The van der Waals surface area contributed by atoms with Gasteiger partial charge in [-0.05, 0) is 32.4 Å². The second-order valence-electron chi connectivity index (χ2n) is 5.35. The molecule has 0 aromatic rings. The number of hydrogen-bond acceptors (Lipinski definition) is 5. The summed E-state index contributed by atoms with van der Waals surface area (Å²) in [6, 6.07) is 0. The molecule has 7 nitrogen and oxygen atoms in total. The molecule has 0 amide bonds. The number of nitrogens with one attached hydrogen (secondary N) is 2. The minimum Gasteiger partial charge on any atom is -0.376 e. The Kier molecular flexibility index (Phi) is 6.19. The van der Waals surface area contributed by atoms with Gasteiger partial charge >= 0.3 is 0 Å². The molecule has 0 aliphatic carbocycles. The SMILES string of the molecule is CNCC1CCCN(S(=O)(=O)NCC2COCCO2)C1. The van der Waals surface area contributed by atoms with Crippen LogP contribution < -0.4 is 10.0 Å². The average molecular weight is 307 g/mol. The zero-order valence-electron chi connectivity index (χ0n) is 12.0. The molecule has 2 aliphatic rings. The van der Waals surface area contributed by atoms with Crippen LogP contribution in [0.25, 0.3) is 0 Å². The number of nitrogens with zero attached hydrogens (tertiary/aromatic N) is 1. The van der Waals surface area contributed by atoms with Crippen LogP contribution in [0.4, 0.5) is 0 Å². The third-order valence-corrected chi connectivity index (χ3v) is 5.24. The molecule has 0 radical (unpaired) electrons. The van der Waals surface area contributed by atoms with Crippen LogP contribution in [0.15, 0.2) is 0 Å². The highest BCUT2D eigenvalue weighted by Gasteiger charge is 2.29. The zero-order valence-corrected chi connectivity index (χ0v) is 12.8. The quantitative estimate of drug-likeness (QED) is 0.669. The molecule has 0 spiro atoms. The Balaban J connectivity index is 1.82. The first-order valence-electron chi connectivity index (χ1n) is 7.20. The summed E-state index contributed by atoms with van der Waals surface area (Å²) in [6.45, 7) is 3.86. The van der Waals surface area contributed by atoms with E-state index in [2.05, 4.69) is 10.0 Å². The molecule has 2 rings (SSSR count). The fraction of sp³-hybridized carbons (Fsp3) is 1.00. The van der Waals surface area contributed by atoms with Crippen LogP contribution >= 0.6 is 0 Å². The van der Waals surface area contributed by atoms with E-state index in [1.165, 1.54) is 0 Å². The lowest BCUT2D eigenvalue weighted by Gasteiger charge is -2.32. The van der Waals surface area contributed by atoms with Crippen LogP contribution in [0.1, 0.15) is 12.8 Å². The summed E-state index contributed by atoms with van der Waals surface area (Å²) in [5.41, 5.74) is 0. The van der Waals surface area contributed by atoms with Gasteiger partial charge < -0.3 is 14.8 Å². The van der Waals surface area contributed by atoms with E-state index in [9.17, 15) is 8.42 Å². The molecular weight excluding hydrogens is 282 g/mol. The monoisotopic (exact) mass is 307 g/mol. The molecule has 0 saturated carbocycles. The number of piperidine rings is 1. The Hall–Kier alpha value is -0.250. The molecule has 8 heteroatoms. The molecule has 2 atom stereocenters. The van der Waals surface area contributed by atoms with Crippen LogP contribution in [0.2, 0.25) is 0 Å².